The Hall–Kier alpha value is -1.43. The Labute approximate surface area is 125 Å². The fraction of sp³-hybridized carbons (Fsp3) is 0.267. The number of ether oxygens (including phenoxy) is 2. The molecule has 2 heterocycles. The number of aliphatic hydroxyl groups is 1. The average Bonchev–Trinajstić information content (AvgIpc) is 2.44. The minimum atomic E-state index is -0.997. The van der Waals surface area contributed by atoms with Gasteiger partial charge in [-0.2, -0.15) is 0 Å². The molecule has 1 aromatic heterocycles. The summed E-state index contributed by atoms with van der Waals surface area (Å²) in [5.41, 5.74) is 0.720. The molecule has 0 unspecified atom stereocenters. The molecule has 4 nitrogen and oxygen atoms in total. The summed E-state index contributed by atoms with van der Waals surface area (Å²) in [5.74, 6) is 0.447. The Morgan fingerprint density at radius 3 is 2.70 bits per heavy atom. The maximum Gasteiger partial charge on any atom is 0.220 e. The van der Waals surface area contributed by atoms with E-state index in [9.17, 15) is 5.11 Å². The number of benzene rings is 1. The predicted octanol–water partition coefficient (Wildman–Crippen LogP) is 2.64. The van der Waals surface area contributed by atoms with Crippen molar-refractivity contribution in [2.45, 2.75) is 12.2 Å². The normalized spacial score (nSPS) is 16.5. The van der Waals surface area contributed by atoms with Gasteiger partial charge in [0.1, 0.15) is 12.2 Å². The maximum absolute atomic E-state index is 10.4. The summed E-state index contributed by atoms with van der Waals surface area (Å²) in [4.78, 5) is 4.26. The molecule has 1 saturated heterocycles. The van der Waals surface area contributed by atoms with Gasteiger partial charge in [0.2, 0.25) is 5.88 Å². The minimum Gasteiger partial charge on any atom is -0.473 e. The van der Waals surface area contributed by atoms with Gasteiger partial charge in [-0.1, -0.05) is 30.3 Å². The third-order valence-electron chi connectivity index (χ3n) is 3.22. The van der Waals surface area contributed by atoms with Gasteiger partial charge in [-0.3, -0.25) is 0 Å². The molecule has 1 fully saturated rings. The van der Waals surface area contributed by atoms with Gasteiger partial charge in [-0.25, -0.2) is 4.98 Å². The highest BCUT2D eigenvalue weighted by atomic mass is 79.9. The number of nitrogens with zero attached hydrogens (tertiary/aromatic N) is 1. The van der Waals surface area contributed by atoms with Gasteiger partial charge >= 0.3 is 0 Å². The Balaban J connectivity index is 1.82. The molecule has 104 valence electrons. The predicted molar refractivity (Wildman–Crippen MR) is 77.4 cm³/mol. The lowest BCUT2D eigenvalue weighted by Crippen LogP contribution is -2.46. The summed E-state index contributed by atoms with van der Waals surface area (Å²) in [6.45, 7) is 0.957. The molecule has 1 aromatic carbocycles. The molecule has 3 rings (SSSR count). The van der Waals surface area contributed by atoms with E-state index in [-0.39, 0.29) is 13.2 Å². The highest BCUT2D eigenvalue weighted by Gasteiger charge is 2.41. The topological polar surface area (TPSA) is 51.6 Å². The van der Waals surface area contributed by atoms with Crippen LogP contribution < -0.4 is 4.74 Å². The minimum absolute atomic E-state index is 0.271. The van der Waals surface area contributed by atoms with E-state index < -0.39 is 5.60 Å². The fourth-order valence-electron chi connectivity index (χ4n) is 2.05. The highest BCUT2D eigenvalue weighted by Crippen LogP contribution is 2.36. The first-order valence-electron chi connectivity index (χ1n) is 6.30. The van der Waals surface area contributed by atoms with Crippen molar-refractivity contribution in [1.82, 2.24) is 4.98 Å². The van der Waals surface area contributed by atoms with E-state index in [4.69, 9.17) is 9.47 Å². The van der Waals surface area contributed by atoms with E-state index in [1.54, 1.807) is 6.20 Å². The zero-order valence-corrected chi connectivity index (χ0v) is 12.3. The number of hydrogen-bond acceptors (Lipinski definition) is 4. The SMILES string of the molecule is OC1(c2cc(Br)cnc2OCc2ccccc2)COC1. The van der Waals surface area contributed by atoms with Crippen LogP contribution in [-0.2, 0) is 16.9 Å². The lowest BCUT2D eigenvalue weighted by atomic mass is 9.93. The van der Waals surface area contributed by atoms with Gasteiger partial charge in [0.25, 0.3) is 0 Å². The number of hydrogen-bond donors (Lipinski definition) is 1. The summed E-state index contributed by atoms with van der Waals surface area (Å²) in [6, 6.07) is 11.7. The van der Waals surface area contributed by atoms with E-state index in [1.165, 1.54) is 0 Å². The molecular formula is C15H14BrNO3. The van der Waals surface area contributed by atoms with Crippen molar-refractivity contribution in [1.29, 1.82) is 0 Å². The lowest BCUT2D eigenvalue weighted by molar-refractivity contribution is -0.185. The zero-order valence-electron chi connectivity index (χ0n) is 10.8. The molecule has 0 bridgehead atoms. The Bertz CT molecular complexity index is 599. The van der Waals surface area contributed by atoms with Crippen LogP contribution in [-0.4, -0.2) is 23.3 Å². The molecule has 0 aliphatic carbocycles. The molecule has 2 aromatic rings. The summed E-state index contributed by atoms with van der Waals surface area (Å²) in [7, 11) is 0. The second kappa shape index (κ2) is 5.52. The van der Waals surface area contributed by atoms with Gasteiger partial charge in [0, 0.05) is 10.7 Å². The first-order chi connectivity index (χ1) is 9.67. The van der Waals surface area contributed by atoms with Crippen LogP contribution >= 0.6 is 15.9 Å². The van der Waals surface area contributed by atoms with Crippen LogP contribution in [0.15, 0.2) is 47.1 Å². The summed E-state index contributed by atoms with van der Waals surface area (Å²) < 4.78 is 11.7. The van der Waals surface area contributed by atoms with Gasteiger partial charge < -0.3 is 14.6 Å². The lowest BCUT2D eigenvalue weighted by Gasteiger charge is -2.37. The molecule has 1 aliphatic heterocycles. The zero-order chi connectivity index (χ0) is 14.0. The smallest absolute Gasteiger partial charge is 0.220 e. The van der Waals surface area contributed by atoms with E-state index in [0.717, 1.165) is 10.0 Å². The molecular weight excluding hydrogens is 322 g/mol. The molecule has 0 atom stereocenters. The maximum atomic E-state index is 10.4. The Morgan fingerprint density at radius 1 is 1.30 bits per heavy atom. The first-order valence-corrected chi connectivity index (χ1v) is 7.09. The molecule has 0 saturated carbocycles. The van der Waals surface area contributed by atoms with Gasteiger partial charge in [-0.15, -0.1) is 0 Å². The number of aromatic nitrogens is 1. The Kier molecular flexibility index (Phi) is 3.74. The molecule has 1 N–H and O–H groups in total. The van der Waals surface area contributed by atoms with Crippen LogP contribution in [0.25, 0.3) is 0 Å². The van der Waals surface area contributed by atoms with Crippen molar-refractivity contribution in [3.05, 3.63) is 58.2 Å². The first kappa shape index (κ1) is 13.5. The van der Waals surface area contributed by atoms with Crippen LogP contribution in [0.1, 0.15) is 11.1 Å². The molecule has 0 amide bonds. The molecule has 20 heavy (non-hydrogen) atoms. The molecule has 5 heteroatoms. The molecule has 0 radical (unpaired) electrons. The van der Waals surface area contributed by atoms with Gasteiger partial charge in [0.15, 0.2) is 0 Å². The van der Waals surface area contributed by atoms with Crippen molar-refractivity contribution < 1.29 is 14.6 Å². The summed E-state index contributed by atoms with van der Waals surface area (Å²) in [6.07, 6.45) is 1.66. The van der Waals surface area contributed by atoms with Crippen LogP contribution in [0.2, 0.25) is 0 Å². The average molecular weight is 336 g/mol. The van der Waals surface area contributed by atoms with E-state index in [1.807, 2.05) is 36.4 Å². The largest absolute Gasteiger partial charge is 0.473 e. The summed E-state index contributed by atoms with van der Waals surface area (Å²) >= 11 is 3.37. The third-order valence-corrected chi connectivity index (χ3v) is 3.65. The van der Waals surface area contributed by atoms with Crippen molar-refractivity contribution in [2.75, 3.05) is 13.2 Å². The number of pyridine rings is 1. The Morgan fingerprint density at radius 2 is 2.05 bits per heavy atom. The number of halogens is 1. The van der Waals surface area contributed by atoms with E-state index >= 15 is 0 Å². The quantitative estimate of drug-likeness (QED) is 0.933. The van der Waals surface area contributed by atoms with Crippen LogP contribution in [0.3, 0.4) is 0 Å². The highest BCUT2D eigenvalue weighted by molar-refractivity contribution is 9.10. The summed E-state index contributed by atoms with van der Waals surface area (Å²) in [5, 5.41) is 10.4. The van der Waals surface area contributed by atoms with E-state index in [2.05, 4.69) is 20.9 Å². The van der Waals surface area contributed by atoms with Crippen LogP contribution in [0.5, 0.6) is 5.88 Å². The second-order valence-electron chi connectivity index (χ2n) is 4.80. The van der Waals surface area contributed by atoms with E-state index in [0.29, 0.717) is 18.1 Å². The van der Waals surface area contributed by atoms with Crippen molar-refractivity contribution in [2.24, 2.45) is 0 Å². The third kappa shape index (κ3) is 2.70. The monoisotopic (exact) mass is 335 g/mol. The molecule has 0 spiro atoms. The van der Waals surface area contributed by atoms with Gasteiger partial charge in [0.05, 0.1) is 18.8 Å². The van der Waals surface area contributed by atoms with Crippen LogP contribution in [0.4, 0.5) is 0 Å². The van der Waals surface area contributed by atoms with Gasteiger partial charge in [-0.05, 0) is 27.6 Å². The fourth-order valence-corrected chi connectivity index (χ4v) is 2.38. The number of rotatable bonds is 4. The molecule has 1 aliphatic rings. The second-order valence-corrected chi connectivity index (χ2v) is 5.72. The van der Waals surface area contributed by atoms with Crippen molar-refractivity contribution >= 4 is 15.9 Å². The van der Waals surface area contributed by atoms with Crippen molar-refractivity contribution in [3.8, 4) is 5.88 Å². The van der Waals surface area contributed by atoms with Crippen molar-refractivity contribution in [3.63, 3.8) is 0 Å². The van der Waals surface area contributed by atoms with Crippen LogP contribution in [0, 0.1) is 0 Å². The standard InChI is InChI=1S/C15H14BrNO3/c16-12-6-13(15(18)9-19-10-15)14(17-7-12)20-8-11-4-2-1-3-5-11/h1-7,18H,8-10H2.